The molecule has 1 aromatic heterocycles. The first-order valence-electron chi connectivity index (χ1n) is 4.92. The number of aryl methyl sites for hydroxylation is 1. The van der Waals surface area contributed by atoms with E-state index in [1.165, 1.54) is 6.07 Å². The molecule has 1 saturated carbocycles. The summed E-state index contributed by atoms with van der Waals surface area (Å²) in [6, 6.07) is 1.86. The number of rotatable bonds is 3. The number of hydrogen-bond donors (Lipinski definition) is 2. The number of hydrogen-bond acceptors (Lipinski definition) is 4. The molecule has 0 saturated heterocycles. The normalized spacial score (nSPS) is 23.6. The number of anilines is 1. The number of aromatic nitrogens is 2. The van der Waals surface area contributed by atoms with Crippen LogP contribution < -0.4 is 5.32 Å². The van der Waals surface area contributed by atoms with Gasteiger partial charge in [0.05, 0.1) is 0 Å². The van der Waals surface area contributed by atoms with Crippen LogP contribution in [0.25, 0.3) is 0 Å². The van der Waals surface area contributed by atoms with E-state index in [0.29, 0.717) is 23.6 Å². The Bertz CT molecular complexity index is 406. The molecule has 1 aromatic rings. The van der Waals surface area contributed by atoms with Gasteiger partial charge in [-0.3, -0.25) is 0 Å². The Morgan fingerprint density at radius 3 is 2.80 bits per heavy atom. The molecule has 5 nitrogen and oxygen atoms in total. The second-order valence-electron chi connectivity index (χ2n) is 3.99. The van der Waals surface area contributed by atoms with E-state index >= 15 is 0 Å². The molecule has 1 fully saturated rings. The zero-order chi connectivity index (χ0) is 11.0. The maximum atomic E-state index is 10.8. The highest BCUT2D eigenvalue weighted by molar-refractivity contribution is 5.85. The Balaban J connectivity index is 2.19. The summed E-state index contributed by atoms with van der Waals surface area (Å²) >= 11 is 0. The molecule has 1 aliphatic carbocycles. The van der Waals surface area contributed by atoms with E-state index in [1.54, 1.807) is 6.92 Å². The minimum Gasteiger partial charge on any atom is -0.477 e. The summed E-state index contributed by atoms with van der Waals surface area (Å²) in [5.41, 5.74) is 0.705. The highest BCUT2D eigenvalue weighted by Crippen LogP contribution is 2.31. The smallest absolute Gasteiger partial charge is 0.354 e. The predicted octanol–water partition coefficient (Wildman–Crippen LogP) is 1.30. The third-order valence-electron chi connectivity index (χ3n) is 2.50. The standard InChI is InChI=1S/C10H13N3O2/c1-5-3-7(5)12-10-11-6(2)4-8(13-10)9(14)15/h4-5,7H,3H2,1-2H3,(H,14,15)(H,11,12,13). The van der Waals surface area contributed by atoms with Gasteiger partial charge in [-0.15, -0.1) is 0 Å². The largest absolute Gasteiger partial charge is 0.477 e. The SMILES string of the molecule is Cc1cc(C(=O)O)nc(NC2CC2C)n1. The summed E-state index contributed by atoms with van der Waals surface area (Å²) in [5.74, 6) is 0.0246. The Morgan fingerprint density at radius 1 is 1.60 bits per heavy atom. The van der Waals surface area contributed by atoms with Crippen molar-refractivity contribution in [1.82, 2.24) is 9.97 Å². The summed E-state index contributed by atoms with van der Waals surface area (Å²) in [5, 5.41) is 11.9. The van der Waals surface area contributed by atoms with Crippen LogP contribution in [-0.2, 0) is 0 Å². The van der Waals surface area contributed by atoms with Crippen LogP contribution in [0.3, 0.4) is 0 Å². The van der Waals surface area contributed by atoms with Crippen molar-refractivity contribution >= 4 is 11.9 Å². The fourth-order valence-corrected chi connectivity index (χ4v) is 1.43. The van der Waals surface area contributed by atoms with Crippen LogP contribution >= 0.6 is 0 Å². The predicted molar refractivity (Wildman–Crippen MR) is 54.9 cm³/mol. The lowest BCUT2D eigenvalue weighted by molar-refractivity contribution is 0.0690. The summed E-state index contributed by atoms with van der Waals surface area (Å²) in [4.78, 5) is 18.8. The highest BCUT2D eigenvalue weighted by atomic mass is 16.4. The van der Waals surface area contributed by atoms with Gasteiger partial charge in [0, 0.05) is 11.7 Å². The highest BCUT2D eigenvalue weighted by Gasteiger charge is 2.33. The van der Waals surface area contributed by atoms with Gasteiger partial charge in [0.2, 0.25) is 5.95 Å². The molecule has 2 rings (SSSR count). The molecule has 0 aliphatic heterocycles. The lowest BCUT2D eigenvalue weighted by Crippen LogP contribution is -2.11. The summed E-state index contributed by atoms with van der Waals surface area (Å²) in [6.45, 7) is 3.89. The van der Waals surface area contributed by atoms with Crippen LogP contribution in [0.1, 0.15) is 29.5 Å². The molecule has 0 spiro atoms. The van der Waals surface area contributed by atoms with Gasteiger partial charge in [0.15, 0.2) is 5.69 Å². The van der Waals surface area contributed by atoms with Crippen molar-refractivity contribution in [3.63, 3.8) is 0 Å². The molecule has 2 atom stereocenters. The average molecular weight is 207 g/mol. The lowest BCUT2D eigenvalue weighted by Gasteiger charge is -2.05. The van der Waals surface area contributed by atoms with Crippen LogP contribution in [0.2, 0.25) is 0 Å². The number of carboxylic acid groups (broad SMARTS) is 1. The summed E-state index contributed by atoms with van der Waals surface area (Å²) < 4.78 is 0. The monoisotopic (exact) mass is 207 g/mol. The van der Waals surface area contributed by atoms with Crippen molar-refractivity contribution in [2.75, 3.05) is 5.32 Å². The van der Waals surface area contributed by atoms with E-state index < -0.39 is 5.97 Å². The van der Waals surface area contributed by atoms with Gasteiger partial charge in [-0.05, 0) is 25.3 Å². The Morgan fingerprint density at radius 2 is 2.27 bits per heavy atom. The first-order valence-corrected chi connectivity index (χ1v) is 4.92. The van der Waals surface area contributed by atoms with E-state index in [1.807, 2.05) is 0 Å². The van der Waals surface area contributed by atoms with Gasteiger partial charge in [-0.25, -0.2) is 14.8 Å². The molecule has 2 unspecified atom stereocenters. The second kappa shape index (κ2) is 3.49. The summed E-state index contributed by atoms with van der Waals surface area (Å²) in [7, 11) is 0. The topological polar surface area (TPSA) is 75.1 Å². The molecular formula is C10H13N3O2. The number of nitrogens with one attached hydrogen (secondary N) is 1. The van der Waals surface area contributed by atoms with Gasteiger partial charge in [0.25, 0.3) is 0 Å². The average Bonchev–Trinajstić information content (AvgIpc) is 2.80. The molecule has 80 valence electrons. The van der Waals surface area contributed by atoms with Crippen LogP contribution in [0.5, 0.6) is 0 Å². The van der Waals surface area contributed by atoms with Gasteiger partial charge >= 0.3 is 5.97 Å². The second-order valence-corrected chi connectivity index (χ2v) is 3.99. The van der Waals surface area contributed by atoms with E-state index in [9.17, 15) is 4.79 Å². The van der Waals surface area contributed by atoms with Crippen LogP contribution in [-0.4, -0.2) is 27.1 Å². The Kier molecular flexibility index (Phi) is 2.30. The van der Waals surface area contributed by atoms with Gasteiger partial charge in [-0.1, -0.05) is 6.92 Å². The lowest BCUT2D eigenvalue weighted by atomic mass is 10.3. The number of nitrogens with zero attached hydrogens (tertiary/aromatic N) is 2. The Hall–Kier alpha value is -1.65. The van der Waals surface area contributed by atoms with E-state index in [-0.39, 0.29) is 5.69 Å². The molecule has 0 bridgehead atoms. The van der Waals surface area contributed by atoms with Gasteiger partial charge in [-0.2, -0.15) is 0 Å². The zero-order valence-corrected chi connectivity index (χ0v) is 8.69. The minimum absolute atomic E-state index is 0.0401. The van der Waals surface area contributed by atoms with Crippen molar-refractivity contribution in [3.05, 3.63) is 17.5 Å². The van der Waals surface area contributed by atoms with Crippen molar-refractivity contribution in [1.29, 1.82) is 0 Å². The molecular weight excluding hydrogens is 194 g/mol. The van der Waals surface area contributed by atoms with Gasteiger partial charge in [0.1, 0.15) is 0 Å². The fraction of sp³-hybridized carbons (Fsp3) is 0.500. The van der Waals surface area contributed by atoms with Crippen molar-refractivity contribution in [2.45, 2.75) is 26.3 Å². The first kappa shape index (κ1) is 9.89. The maximum Gasteiger partial charge on any atom is 0.354 e. The minimum atomic E-state index is -1.02. The third kappa shape index (κ3) is 2.23. The summed E-state index contributed by atoms with van der Waals surface area (Å²) in [6.07, 6.45) is 1.10. The van der Waals surface area contributed by atoms with Crippen molar-refractivity contribution < 1.29 is 9.90 Å². The first-order chi connectivity index (χ1) is 7.06. The number of carboxylic acids is 1. The molecule has 0 amide bonds. The molecule has 2 N–H and O–H groups in total. The molecule has 0 radical (unpaired) electrons. The quantitative estimate of drug-likeness (QED) is 0.781. The number of aromatic carboxylic acids is 1. The van der Waals surface area contributed by atoms with Crippen molar-refractivity contribution in [3.8, 4) is 0 Å². The van der Waals surface area contributed by atoms with E-state index in [0.717, 1.165) is 6.42 Å². The van der Waals surface area contributed by atoms with Crippen LogP contribution in [0, 0.1) is 12.8 Å². The molecule has 15 heavy (non-hydrogen) atoms. The van der Waals surface area contributed by atoms with Gasteiger partial charge < -0.3 is 10.4 Å². The van der Waals surface area contributed by atoms with Crippen LogP contribution in [0.4, 0.5) is 5.95 Å². The van der Waals surface area contributed by atoms with Crippen molar-refractivity contribution in [2.24, 2.45) is 5.92 Å². The Labute approximate surface area is 87.6 Å². The molecule has 5 heteroatoms. The maximum absolute atomic E-state index is 10.8. The molecule has 1 aliphatic rings. The third-order valence-corrected chi connectivity index (χ3v) is 2.50. The molecule has 1 heterocycles. The van der Waals surface area contributed by atoms with E-state index in [4.69, 9.17) is 5.11 Å². The van der Waals surface area contributed by atoms with Crippen LogP contribution in [0.15, 0.2) is 6.07 Å². The fourth-order valence-electron chi connectivity index (χ4n) is 1.43. The van der Waals surface area contributed by atoms with E-state index in [2.05, 4.69) is 22.2 Å². The molecule has 0 aromatic carbocycles. The zero-order valence-electron chi connectivity index (χ0n) is 8.69. The number of carbonyl (C=O) groups is 1.